The minimum atomic E-state index is 0.711. The number of rotatable bonds is 2. The molecule has 1 nitrogen and oxygen atoms in total. The molecule has 0 amide bonds. The summed E-state index contributed by atoms with van der Waals surface area (Å²) in [6.07, 6.45) is 7.14. The summed E-state index contributed by atoms with van der Waals surface area (Å²) in [5.74, 6) is 1.69. The zero-order chi connectivity index (χ0) is 9.97. The summed E-state index contributed by atoms with van der Waals surface area (Å²) < 4.78 is 0. The van der Waals surface area contributed by atoms with Gasteiger partial charge in [-0.25, -0.2) is 4.98 Å². The molecule has 0 N–H and O–H groups in total. The van der Waals surface area contributed by atoms with Crippen molar-refractivity contribution in [3.05, 3.63) is 16.6 Å². The first-order valence-electron chi connectivity index (χ1n) is 5.28. The van der Waals surface area contributed by atoms with Crippen LogP contribution in [0.5, 0.6) is 0 Å². The molecule has 1 aromatic rings. The minimum Gasteiger partial charge on any atom is -0.250 e. The Morgan fingerprint density at radius 2 is 2.43 bits per heavy atom. The number of alkyl halides is 1. The van der Waals surface area contributed by atoms with Crippen molar-refractivity contribution in [2.45, 2.75) is 37.4 Å². The molecule has 0 aromatic carbocycles. The van der Waals surface area contributed by atoms with Crippen LogP contribution >= 0.6 is 27.3 Å². The molecular formula is C11H16BrNS. The van der Waals surface area contributed by atoms with Crippen LogP contribution in [0.15, 0.2) is 11.6 Å². The van der Waals surface area contributed by atoms with Crippen molar-refractivity contribution in [1.82, 2.24) is 4.98 Å². The van der Waals surface area contributed by atoms with Crippen molar-refractivity contribution in [2.24, 2.45) is 11.8 Å². The van der Waals surface area contributed by atoms with E-state index in [2.05, 4.69) is 33.2 Å². The highest BCUT2D eigenvalue weighted by molar-refractivity contribution is 9.09. The predicted molar refractivity (Wildman–Crippen MR) is 65.0 cm³/mol. The molecule has 1 aliphatic rings. The highest BCUT2D eigenvalue weighted by Crippen LogP contribution is 2.35. The molecule has 1 aliphatic carbocycles. The van der Waals surface area contributed by atoms with Gasteiger partial charge in [0, 0.05) is 22.8 Å². The van der Waals surface area contributed by atoms with Gasteiger partial charge in [-0.15, -0.1) is 11.3 Å². The monoisotopic (exact) mass is 273 g/mol. The Morgan fingerprint density at radius 3 is 3.14 bits per heavy atom. The van der Waals surface area contributed by atoms with Gasteiger partial charge < -0.3 is 0 Å². The maximum absolute atomic E-state index is 4.37. The van der Waals surface area contributed by atoms with Gasteiger partial charge in [-0.2, -0.15) is 0 Å². The average molecular weight is 274 g/mol. The second kappa shape index (κ2) is 4.75. The third kappa shape index (κ3) is 2.57. The third-order valence-corrected chi connectivity index (χ3v) is 5.08. The number of hydrogen-bond acceptors (Lipinski definition) is 2. The first-order chi connectivity index (χ1) is 6.75. The highest BCUT2D eigenvalue weighted by atomic mass is 79.9. The fourth-order valence-electron chi connectivity index (χ4n) is 2.25. The summed E-state index contributed by atoms with van der Waals surface area (Å²) in [7, 11) is 0. The van der Waals surface area contributed by atoms with Crippen molar-refractivity contribution < 1.29 is 0 Å². The Balaban J connectivity index is 1.95. The first-order valence-corrected chi connectivity index (χ1v) is 7.07. The van der Waals surface area contributed by atoms with E-state index in [1.807, 2.05) is 6.20 Å². The van der Waals surface area contributed by atoms with Crippen molar-refractivity contribution in [2.75, 3.05) is 0 Å². The lowest BCUT2D eigenvalue weighted by Gasteiger charge is -2.30. The van der Waals surface area contributed by atoms with E-state index in [-0.39, 0.29) is 0 Å². The molecule has 78 valence electrons. The number of hydrogen-bond donors (Lipinski definition) is 0. The highest BCUT2D eigenvalue weighted by Gasteiger charge is 2.27. The van der Waals surface area contributed by atoms with Gasteiger partial charge in [0.05, 0.1) is 5.01 Å². The SMILES string of the molecule is CC1CCC(Br)C(Cc2nccs2)C1. The molecule has 0 saturated heterocycles. The molecule has 1 heterocycles. The Morgan fingerprint density at radius 1 is 1.57 bits per heavy atom. The van der Waals surface area contributed by atoms with Gasteiger partial charge in [0.15, 0.2) is 0 Å². The summed E-state index contributed by atoms with van der Waals surface area (Å²) in [5.41, 5.74) is 0. The van der Waals surface area contributed by atoms with Crippen LogP contribution in [0.3, 0.4) is 0 Å². The topological polar surface area (TPSA) is 12.9 Å². The molecule has 3 atom stereocenters. The Hall–Kier alpha value is 0.110. The van der Waals surface area contributed by atoms with Crippen LogP contribution < -0.4 is 0 Å². The van der Waals surface area contributed by atoms with Crippen molar-refractivity contribution >= 4 is 27.3 Å². The maximum atomic E-state index is 4.37. The van der Waals surface area contributed by atoms with Crippen molar-refractivity contribution in [1.29, 1.82) is 0 Å². The number of thiazole rings is 1. The summed E-state index contributed by atoms with van der Waals surface area (Å²) in [6, 6.07) is 0. The van der Waals surface area contributed by atoms with Gasteiger partial charge in [-0.05, 0) is 31.1 Å². The molecule has 14 heavy (non-hydrogen) atoms. The molecule has 2 rings (SSSR count). The third-order valence-electron chi connectivity index (χ3n) is 3.07. The second-order valence-electron chi connectivity index (χ2n) is 4.32. The lowest BCUT2D eigenvalue weighted by molar-refractivity contribution is 0.294. The second-order valence-corrected chi connectivity index (χ2v) is 6.48. The molecule has 0 spiro atoms. The lowest BCUT2D eigenvalue weighted by Crippen LogP contribution is -2.25. The zero-order valence-electron chi connectivity index (χ0n) is 8.45. The summed E-state index contributed by atoms with van der Waals surface area (Å²) in [5, 5.41) is 3.37. The van der Waals surface area contributed by atoms with E-state index >= 15 is 0 Å². The lowest BCUT2D eigenvalue weighted by atomic mass is 9.81. The van der Waals surface area contributed by atoms with E-state index in [0.717, 1.165) is 18.3 Å². The maximum Gasteiger partial charge on any atom is 0.0927 e. The first kappa shape index (κ1) is 10.6. The van der Waals surface area contributed by atoms with Gasteiger partial charge >= 0.3 is 0 Å². The summed E-state index contributed by atoms with van der Waals surface area (Å²) >= 11 is 5.59. The van der Waals surface area contributed by atoms with E-state index < -0.39 is 0 Å². The smallest absolute Gasteiger partial charge is 0.0927 e. The Kier molecular flexibility index (Phi) is 3.61. The van der Waals surface area contributed by atoms with Gasteiger partial charge in [0.1, 0.15) is 0 Å². The van der Waals surface area contributed by atoms with Gasteiger partial charge in [-0.3, -0.25) is 0 Å². The molecule has 1 saturated carbocycles. The van der Waals surface area contributed by atoms with Crippen LogP contribution in [0.2, 0.25) is 0 Å². The van der Waals surface area contributed by atoms with E-state index in [1.54, 1.807) is 11.3 Å². The Bertz CT molecular complexity index is 273. The number of halogens is 1. The molecule has 3 unspecified atom stereocenters. The molecule has 0 aliphatic heterocycles. The number of nitrogens with zero attached hydrogens (tertiary/aromatic N) is 1. The fraction of sp³-hybridized carbons (Fsp3) is 0.727. The van der Waals surface area contributed by atoms with E-state index in [0.29, 0.717) is 4.83 Å². The Labute approximate surface area is 98.1 Å². The van der Waals surface area contributed by atoms with Crippen LogP contribution in [0.4, 0.5) is 0 Å². The van der Waals surface area contributed by atoms with E-state index in [4.69, 9.17) is 0 Å². The van der Waals surface area contributed by atoms with Crippen LogP contribution in [-0.2, 0) is 6.42 Å². The van der Waals surface area contributed by atoms with Gasteiger partial charge in [0.25, 0.3) is 0 Å². The molecular weight excluding hydrogens is 258 g/mol. The summed E-state index contributed by atoms with van der Waals surface area (Å²) in [4.78, 5) is 5.08. The van der Waals surface area contributed by atoms with Crippen LogP contribution in [0.1, 0.15) is 31.2 Å². The minimum absolute atomic E-state index is 0.711. The molecule has 1 aromatic heterocycles. The van der Waals surface area contributed by atoms with Crippen molar-refractivity contribution in [3.8, 4) is 0 Å². The normalized spacial score (nSPS) is 33.1. The van der Waals surface area contributed by atoms with E-state index in [1.165, 1.54) is 24.3 Å². The fourth-order valence-corrected chi connectivity index (χ4v) is 3.63. The van der Waals surface area contributed by atoms with E-state index in [9.17, 15) is 0 Å². The molecule has 0 bridgehead atoms. The molecule has 1 fully saturated rings. The van der Waals surface area contributed by atoms with Crippen LogP contribution in [0.25, 0.3) is 0 Å². The quantitative estimate of drug-likeness (QED) is 0.746. The molecule has 0 radical (unpaired) electrons. The van der Waals surface area contributed by atoms with Gasteiger partial charge in [0.2, 0.25) is 0 Å². The van der Waals surface area contributed by atoms with Crippen LogP contribution in [-0.4, -0.2) is 9.81 Å². The predicted octanol–water partition coefficient (Wildman–Crippen LogP) is 3.89. The van der Waals surface area contributed by atoms with Crippen molar-refractivity contribution in [3.63, 3.8) is 0 Å². The van der Waals surface area contributed by atoms with Crippen LogP contribution in [0, 0.1) is 11.8 Å². The van der Waals surface area contributed by atoms with Gasteiger partial charge in [-0.1, -0.05) is 22.9 Å². The number of aromatic nitrogens is 1. The zero-order valence-corrected chi connectivity index (χ0v) is 10.9. The molecule has 3 heteroatoms. The average Bonchev–Trinajstić information content (AvgIpc) is 2.64. The summed E-state index contributed by atoms with van der Waals surface area (Å²) in [6.45, 7) is 2.37. The largest absolute Gasteiger partial charge is 0.250 e. The standard InChI is InChI=1S/C11H16BrNS/c1-8-2-3-10(12)9(6-8)7-11-13-4-5-14-11/h4-5,8-10H,2-3,6-7H2,1H3.